The van der Waals surface area contributed by atoms with Gasteiger partial charge in [0.2, 0.25) is 0 Å². The third-order valence-electron chi connectivity index (χ3n) is 2.36. The van der Waals surface area contributed by atoms with Gasteiger partial charge in [-0.25, -0.2) is 4.79 Å². The summed E-state index contributed by atoms with van der Waals surface area (Å²) >= 11 is 0. The molecule has 0 aliphatic heterocycles. The van der Waals surface area contributed by atoms with Crippen molar-refractivity contribution < 1.29 is 14.0 Å². The number of carbonyl (C=O) groups excluding carboxylic acids is 1. The number of carbonyl (C=O) groups is 1. The Bertz CT molecular complexity index is 185. The number of unbranched alkanes of at least 4 members (excludes halogenated alkanes) is 5. The highest BCUT2D eigenvalue weighted by Gasteiger charge is 2.14. The standard InChI is InChI=1S/C13H28NO2/c1-5-6-7-8-9-10-11-16-13(15)12-14(2,3)4/h5-12H2,1-4H3/q+1. The molecule has 0 atom stereocenters. The molecule has 0 aromatic carbocycles. The molecule has 0 unspecified atom stereocenters. The fourth-order valence-corrected chi connectivity index (χ4v) is 1.50. The second-order valence-corrected chi connectivity index (χ2v) is 5.44. The maximum absolute atomic E-state index is 11.4. The SMILES string of the molecule is CCCCCCCCOC(=O)C[N+](C)(C)C. The zero-order valence-corrected chi connectivity index (χ0v) is 11.4. The Kier molecular flexibility index (Phi) is 8.26. The molecule has 3 nitrogen and oxygen atoms in total. The van der Waals surface area contributed by atoms with Gasteiger partial charge < -0.3 is 9.22 Å². The van der Waals surface area contributed by atoms with Crippen LogP contribution < -0.4 is 0 Å². The normalized spacial score (nSPS) is 11.5. The van der Waals surface area contributed by atoms with Crippen LogP contribution in [0.2, 0.25) is 0 Å². The van der Waals surface area contributed by atoms with Crippen LogP contribution in [0.15, 0.2) is 0 Å². The maximum Gasteiger partial charge on any atom is 0.361 e. The smallest absolute Gasteiger partial charge is 0.361 e. The molecular weight excluding hydrogens is 202 g/mol. The number of likely N-dealkylation sites (N-methyl/N-ethyl adjacent to an activating group) is 1. The van der Waals surface area contributed by atoms with E-state index in [0.29, 0.717) is 17.6 Å². The van der Waals surface area contributed by atoms with E-state index in [1.54, 1.807) is 0 Å². The molecule has 0 aliphatic rings. The van der Waals surface area contributed by atoms with Gasteiger partial charge in [-0.1, -0.05) is 39.0 Å². The summed E-state index contributed by atoms with van der Waals surface area (Å²) in [5.41, 5.74) is 0. The number of esters is 1. The molecule has 0 spiro atoms. The van der Waals surface area contributed by atoms with Crippen molar-refractivity contribution >= 4 is 5.97 Å². The van der Waals surface area contributed by atoms with Gasteiger partial charge in [-0.15, -0.1) is 0 Å². The highest BCUT2D eigenvalue weighted by molar-refractivity contribution is 5.70. The lowest BCUT2D eigenvalue weighted by Crippen LogP contribution is -2.40. The predicted molar refractivity (Wildman–Crippen MR) is 67.2 cm³/mol. The van der Waals surface area contributed by atoms with Gasteiger partial charge in [-0.3, -0.25) is 0 Å². The molecule has 0 saturated carbocycles. The summed E-state index contributed by atoms with van der Waals surface area (Å²) in [5, 5.41) is 0. The first-order valence-electron chi connectivity index (χ1n) is 6.42. The molecular formula is C13H28NO2+. The summed E-state index contributed by atoms with van der Waals surface area (Å²) in [7, 11) is 5.98. The molecule has 0 heterocycles. The molecule has 0 aromatic rings. The van der Waals surface area contributed by atoms with Gasteiger partial charge in [0.1, 0.15) is 0 Å². The number of hydrogen-bond acceptors (Lipinski definition) is 2. The number of ether oxygens (including phenoxy) is 1. The predicted octanol–water partition coefficient (Wildman–Crippen LogP) is 2.60. The summed E-state index contributed by atoms with van der Waals surface area (Å²) in [5.74, 6) is -0.0824. The van der Waals surface area contributed by atoms with Crippen LogP contribution in [-0.4, -0.2) is 44.7 Å². The van der Waals surface area contributed by atoms with E-state index < -0.39 is 0 Å². The topological polar surface area (TPSA) is 26.3 Å². The molecule has 0 radical (unpaired) electrons. The van der Waals surface area contributed by atoms with Crippen LogP contribution >= 0.6 is 0 Å². The Labute approximate surface area is 100 Å². The van der Waals surface area contributed by atoms with E-state index in [2.05, 4.69) is 6.92 Å². The molecule has 0 N–H and O–H groups in total. The van der Waals surface area contributed by atoms with Gasteiger partial charge in [0.05, 0.1) is 27.7 Å². The van der Waals surface area contributed by atoms with E-state index in [1.807, 2.05) is 21.1 Å². The summed E-state index contributed by atoms with van der Waals surface area (Å²) in [6.07, 6.45) is 7.36. The van der Waals surface area contributed by atoms with E-state index in [4.69, 9.17) is 4.74 Å². The minimum atomic E-state index is -0.0824. The molecule has 3 heteroatoms. The summed E-state index contributed by atoms with van der Waals surface area (Å²) in [6, 6.07) is 0. The van der Waals surface area contributed by atoms with Crippen LogP contribution in [0.5, 0.6) is 0 Å². The van der Waals surface area contributed by atoms with Gasteiger partial charge in [-0.2, -0.15) is 0 Å². The van der Waals surface area contributed by atoms with Crippen LogP contribution in [-0.2, 0) is 9.53 Å². The van der Waals surface area contributed by atoms with Crippen molar-refractivity contribution in [2.24, 2.45) is 0 Å². The molecule has 0 amide bonds. The molecule has 16 heavy (non-hydrogen) atoms. The van der Waals surface area contributed by atoms with Gasteiger partial charge in [0, 0.05) is 0 Å². The van der Waals surface area contributed by atoms with Crippen LogP contribution in [0, 0.1) is 0 Å². The zero-order chi connectivity index (χ0) is 12.4. The van der Waals surface area contributed by atoms with Crippen LogP contribution in [0.4, 0.5) is 0 Å². The number of quaternary nitrogens is 1. The van der Waals surface area contributed by atoms with Crippen molar-refractivity contribution in [1.82, 2.24) is 0 Å². The second-order valence-electron chi connectivity index (χ2n) is 5.44. The van der Waals surface area contributed by atoms with Crippen LogP contribution in [0.3, 0.4) is 0 Å². The molecule has 96 valence electrons. The Morgan fingerprint density at radius 3 is 2.12 bits per heavy atom. The minimum absolute atomic E-state index is 0.0824. The largest absolute Gasteiger partial charge is 0.462 e. The molecule has 0 rings (SSSR count). The molecule has 0 fully saturated rings. The minimum Gasteiger partial charge on any atom is -0.462 e. The molecule has 0 aromatic heterocycles. The average Bonchev–Trinajstić information content (AvgIpc) is 2.13. The molecule has 0 saturated heterocycles. The highest BCUT2D eigenvalue weighted by Crippen LogP contribution is 2.05. The van der Waals surface area contributed by atoms with Crippen molar-refractivity contribution in [3.63, 3.8) is 0 Å². The second kappa shape index (κ2) is 8.57. The van der Waals surface area contributed by atoms with Crippen molar-refractivity contribution in [2.45, 2.75) is 45.4 Å². The highest BCUT2D eigenvalue weighted by atomic mass is 16.5. The Morgan fingerprint density at radius 1 is 1.00 bits per heavy atom. The van der Waals surface area contributed by atoms with E-state index in [9.17, 15) is 4.79 Å². The average molecular weight is 230 g/mol. The quantitative estimate of drug-likeness (QED) is 0.346. The van der Waals surface area contributed by atoms with Crippen LogP contribution in [0.25, 0.3) is 0 Å². The Balaban J connectivity index is 3.28. The van der Waals surface area contributed by atoms with Gasteiger partial charge in [0.25, 0.3) is 0 Å². The molecule has 0 bridgehead atoms. The zero-order valence-electron chi connectivity index (χ0n) is 11.4. The fraction of sp³-hybridized carbons (Fsp3) is 0.923. The lowest BCUT2D eigenvalue weighted by atomic mass is 10.1. The Hall–Kier alpha value is -0.570. The van der Waals surface area contributed by atoms with Crippen LogP contribution in [0.1, 0.15) is 45.4 Å². The summed E-state index contributed by atoms with van der Waals surface area (Å²) in [4.78, 5) is 11.4. The summed E-state index contributed by atoms with van der Waals surface area (Å²) < 4.78 is 5.80. The van der Waals surface area contributed by atoms with E-state index in [-0.39, 0.29) is 5.97 Å². The lowest BCUT2D eigenvalue weighted by Gasteiger charge is -2.22. The van der Waals surface area contributed by atoms with Crippen molar-refractivity contribution in [2.75, 3.05) is 34.3 Å². The van der Waals surface area contributed by atoms with Crippen molar-refractivity contribution in [1.29, 1.82) is 0 Å². The first-order chi connectivity index (χ1) is 7.45. The Morgan fingerprint density at radius 2 is 1.56 bits per heavy atom. The fourth-order valence-electron chi connectivity index (χ4n) is 1.50. The van der Waals surface area contributed by atoms with Crippen molar-refractivity contribution in [3.05, 3.63) is 0 Å². The first kappa shape index (κ1) is 15.4. The van der Waals surface area contributed by atoms with Crippen molar-refractivity contribution in [3.8, 4) is 0 Å². The number of hydrogen-bond donors (Lipinski definition) is 0. The summed E-state index contributed by atoms with van der Waals surface area (Å²) in [6.45, 7) is 3.26. The van der Waals surface area contributed by atoms with Gasteiger partial charge in [0.15, 0.2) is 6.54 Å². The number of rotatable bonds is 9. The maximum atomic E-state index is 11.4. The van der Waals surface area contributed by atoms with Gasteiger partial charge in [-0.05, 0) is 6.42 Å². The van der Waals surface area contributed by atoms with E-state index in [0.717, 1.165) is 6.42 Å². The lowest BCUT2D eigenvalue weighted by molar-refractivity contribution is -0.862. The van der Waals surface area contributed by atoms with E-state index in [1.165, 1.54) is 32.1 Å². The third kappa shape index (κ3) is 11.5. The van der Waals surface area contributed by atoms with Gasteiger partial charge >= 0.3 is 5.97 Å². The first-order valence-corrected chi connectivity index (χ1v) is 6.42. The number of nitrogens with zero attached hydrogens (tertiary/aromatic N) is 1. The third-order valence-corrected chi connectivity index (χ3v) is 2.36. The van der Waals surface area contributed by atoms with E-state index >= 15 is 0 Å². The monoisotopic (exact) mass is 230 g/mol. The molecule has 0 aliphatic carbocycles.